The fraction of sp³-hybridized carbons (Fsp3) is 0.250. The average Bonchev–Trinajstić information content (AvgIpc) is 2.42. The van der Waals surface area contributed by atoms with E-state index >= 15 is 0 Å². The Kier molecular flexibility index (Phi) is 4.72. The third-order valence-electron chi connectivity index (χ3n) is 3.27. The van der Waals surface area contributed by atoms with Gasteiger partial charge in [0.25, 0.3) is 0 Å². The van der Waals surface area contributed by atoms with E-state index in [0.29, 0.717) is 10.9 Å². The van der Waals surface area contributed by atoms with Crippen LogP contribution < -0.4 is 5.73 Å². The van der Waals surface area contributed by atoms with Gasteiger partial charge in [-0.25, -0.2) is 4.39 Å². The van der Waals surface area contributed by atoms with E-state index in [1.165, 1.54) is 17.2 Å². The highest BCUT2D eigenvalue weighted by molar-refractivity contribution is 9.10. The zero-order valence-electron chi connectivity index (χ0n) is 10.9. The first-order chi connectivity index (χ1) is 9.11. The summed E-state index contributed by atoms with van der Waals surface area (Å²) in [6, 6.07) is 13.2. The molecule has 0 fully saturated rings. The monoisotopic (exact) mass is 321 g/mol. The molecule has 2 aromatic carbocycles. The van der Waals surface area contributed by atoms with Gasteiger partial charge in [0, 0.05) is 6.04 Å². The summed E-state index contributed by atoms with van der Waals surface area (Å²) in [6.45, 7) is 2.13. The standard InChI is InChI=1S/C16H17BrFN/c1-2-11-6-8-12(9-7-11)10-15(19)13-4-3-5-14(18)16(13)17/h3-9,15H,2,10,19H2,1H3. The molecule has 1 unspecified atom stereocenters. The largest absolute Gasteiger partial charge is 0.324 e. The lowest BCUT2D eigenvalue weighted by molar-refractivity contribution is 0.610. The summed E-state index contributed by atoms with van der Waals surface area (Å²) < 4.78 is 13.9. The van der Waals surface area contributed by atoms with Crippen molar-refractivity contribution in [3.8, 4) is 0 Å². The molecule has 0 spiro atoms. The van der Waals surface area contributed by atoms with Crippen molar-refractivity contribution in [2.24, 2.45) is 5.73 Å². The highest BCUT2D eigenvalue weighted by atomic mass is 79.9. The van der Waals surface area contributed by atoms with Crippen molar-refractivity contribution in [2.45, 2.75) is 25.8 Å². The molecule has 100 valence electrons. The summed E-state index contributed by atoms with van der Waals surface area (Å²) >= 11 is 3.26. The highest BCUT2D eigenvalue weighted by Gasteiger charge is 2.13. The zero-order valence-corrected chi connectivity index (χ0v) is 12.5. The van der Waals surface area contributed by atoms with E-state index in [-0.39, 0.29) is 11.9 Å². The summed E-state index contributed by atoms with van der Waals surface area (Å²) in [5.74, 6) is -0.269. The van der Waals surface area contributed by atoms with E-state index in [1.807, 2.05) is 6.07 Å². The summed E-state index contributed by atoms with van der Waals surface area (Å²) in [5, 5.41) is 0. The van der Waals surface area contributed by atoms with Crippen molar-refractivity contribution < 1.29 is 4.39 Å². The van der Waals surface area contributed by atoms with Crippen molar-refractivity contribution in [1.29, 1.82) is 0 Å². The Bertz CT molecular complexity index is 551. The predicted octanol–water partition coefficient (Wildman–Crippen LogP) is 4.39. The second kappa shape index (κ2) is 6.31. The molecule has 0 amide bonds. The number of nitrogens with two attached hydrogens (primary N) is 1. The quantitative estimate of drug-likeness (QED) is 0.887. The molecule has 1 nitrogen and oxygen atoms in total. The normalized spacial score (nSPS) is 12.4. The number of aryl methyl sites for hydroxylation is 1. The molecular formula is C16H17BrFN. The van der Waals surface area contributed by atoms with Crippen molar-refractivity contribution in [3.05, 3.63) is 69.4 Å². The summed E-state index contributed by atoms with van der Waals surface area (Å²) in [6.07, 6.45) is 1.73. The van der Waals surface area contributed by atoms with Crippen molar-refractivity contribution >= 4 is 15.9 Å². The molecule has 0 aliphatic heterocycles. The van der Waals surface area contributed by atoms with Crippen LogP contribution in [0.15, 0.2) is 46.9 Å². The fourth-order valence-corrected chi connectivity index (χ4v) is 2.64. The van der Waals surface area contributed by atoms with Gasteiger partial charge < -0.3 is 5.73 Å². The van der Waals surface area contributed by atoms with Gasteiger partial charge in [0.1, 0.15) is 5.82 Å². The predicted molar refractivity (Wildman–Crippen MR) is 80.6 cm³/mol. The molecule has 0 saturated carbocycles. The summed E-state index contributed by atoms with van der Waals surface area (Å²) in [7, 11) is 0. The average molecular weight is 322 g/mol. The molecule has 0 bridgehead atoms. The molecule has 0 heterocycles. The maximum absolute atomic E-state index is 13.5. The van der Waals surface area contributed by atoms with E-state index in [2.05, 4.69) is 47.1 Å². The molecule has 1 atom stereocenters. The number of rotatable bonds is 4. The molecule has 2 N–H and O–H groups in total. The summed E-state index contributed by atoms with van der Waals surface area (Å²) in [4.78, 5) is 0. The van der Waals surface area contributed by atoms with E-state index in [4.69, 9.17) is 5.73 Å². The van der Waals surface area contributed by atoms with Crippen LogP contribution in [0, 0.1) is 5.82 Å². The molecule has 0 radical (unpaired) electrons. The van der Waals surface area contributed by atoms with Crippen LogP contribution >= 0.6 is 15.9 Å². The maximum Gasteiger partial charge on any atom is 0.137 e. The zero-order chi connectivity index (χ0) is 13.8. The van der Waals surface area contributed by atoms with Crippen molar-refractivity contribution in [1.82, 2.24) is 0 Å². The number of hydrogen-bond donors (Lipinski definition) is 1. The van der Waals surface area contributed by atoms with Gasteiger partial charge in [-0.3, -0.25) is 0 Å². The van der Waals surface area contributed by atoms with Gasteiger partial charge in [0.2, 0.25) is 0 Å². The van der Waals surface area contributed by atoms with E-state index in [1.54, 1.807) is 6.07 Å². The molecule has 3 heteroatoms. The molecule has 0 saturated heterocycles. The van der Waals surface area contributed by atoms with Crippen LogP contribution in [0.25, 0.3) is 0 Å². The van der Waals surface area contributed by atoms with Crippen LogP contribution in [0.5, 0.6) is 0 Å². The van der Waals surface area contributed by atoms with Gasteiger partial charge in [-0.1, -0.05) is 43.3 Å². The van der Waals surface area contributed by atoms with Gasteiger partial charge in [0.05, 0.1) is 4.47 Å². The number of halogens is 2. The van der Waals surface area contributed by atoms with Crippen LogP contribution in [0.1, 0.15) is 29.7 Å². The van der Waals surface area contributed by atoms with Gasteiger partial charge in [-0.15, -0.1) is 0 Å². The molecule has 0 aliphatic rings. The van der Waals surface area contributed by atoms with Gasteiger partial charge in [-0.2, -0.15) is 0 Å². The molecule has 2 aromatic rings. The minimum absolute atomic E-state index is 0.211. The van der Waals surface area contributed by atoms with Gasteiger partial charge >= 0.3 is 0 Å². The Morgan fingerprint density at radius 1 is 1.11 bits per heavy atom. The fourth-order valence-electron chi connectivity index (χ4n) is 2.08. The minimum atomic E-state index is -0.269. The first kappa shape index (κ1) is 14.2. The lowest BCUT2D eigenvalue weighted by Gasteiger charge is -2.14. The first-order valence-electron chi connectivity index (χ1n) is 6.39. The Balaban J connectivity index is 2.15. The Morgan fingerprint density at radius 3 is 2.37 bits per heavy atom. The van der Waals surface area contributed by atoms with Crippen LogP contribution in [0.2, 0.25) is 0 Å². The number of hydrogen-bond acceptors (Lipinski definition) is 1. The Hall–Kier alpha value is -1.19. The lowest BCUT2D eigenvalue weighted by atomic mass is 9.98. The second-order valence-corrected chi connectivity index (χ2v) is 5.42. The van der Waals surface area contributed by atoms with E-state index in [9.17, 15) is 4.39 Å². The Labute approximate surface area is 121 Å². The third kappa shape index (κ3) is 3.43. The Morgan fingerprint density at radius 2 is 1.74 bits per heavy atom. The minimum Gasteiger partial charge on any atom is -0.324 e. The molecule has 2 rings (SSSR count). The lowest BCUT2D eigenvalue weighted by Crippen LogP contribution is -2.14. The van der Waals surface area contributed by atoms with E-state index in [0.717, 1.165) is 12.0 Å². The van der Waals surface area contributed by atoms with Crippen molar-refractivity contribution in [3.63, 3.8) is 0 Å². The van der Waals surface area contributed by atoms with Crippen LogP contribution in [-0.2, 0) is 12.8 Å². The van der Waals surface area contributed by atoms with E-state index < -0.39 is 0 Å². The van der Waals surface area contributed by atoms with Gasteiger partial charge in [-0.05, 0) is 51.5 Å². The smallest absolute Gasteiger partial charge is 0.137 e. The molecular weight excluding hydrogens is 305 g/mol. The van der Waals surface area contributed by atoms with Crippen LogP contribution in [0.4, 0.5) is 4.39 Å². The van der Waals surface area contributed by atoms with Crippen LogP contribution in [-0.4, -0.2) is 0 Å². The topological polar surface area (TPSA) is 26.0 Å². The summed E-state index contributed by atoms with van der Waals surface area (Å²) in [5.41, 5.74) is 9.45. The van der Waals surface area contributed by atoms with Gasteiger partial charge in [0.15, 0.2) is 0 Å². The molecule has 0 aromatic heterocycles. The first-order valence-corrected chi connectivity index (χ1v) is 7.18. The third-order valence-corrected chi connectivity index (χ3v) is 4.10. The maximum atomic E-state index is 13.5. The second-order valence-electron chi connectivity index (χ2n) is 4.62. The van der Waals surface area contributed by atoms with Crippen molar-refractivity contribution in [2.75, 3.05) is 0 Å². The highest BCUT2D eigenvalue weighted by Crippen LogP contribution is 2.27. The molecule has 0 aliphatic carbocycles. The van der Waals surface area contributed by atoms with Crippen LogP contribution in [0.3, 0.4) is 0 Å². The number of benzene rings is 2. The SMILES string of the molecule is CCc1ccc(CC(N)c2cccc(F)c2Br)cc1. The molecule has 19 heavy (non-hydrogen) atoms.